The van der Waals surface area contributed by atoms with E-state index in [1.165, 1.54) is 12.4 Å². The zero-order valence-corrected chi connectivity index (χ0v) is 11.8. The number of para-hydroxylation sites is 1. The molecule has 4 rings (SSSR count). The number of aromatic nitrogens is 4. The van der Waals surface area contributed by atoms with Crippen LogP contribution in [-0.2, 0) is 0 Å². The quantitative estimate of drug-likeness (QED) is 0.461. The molecule has 0 aliphatic heterocycles. The van der Waals surface area contributed by atoms with E-state index < -0.39 is 0 Å². The molecule has 0 atom stereocenters. The predicted octanol–water partition coefficient (Wildman–Crippen LogP) is 2.24. The fourth-order valence-corrected chi connectivity index (χ4v) is 2.20. The largest absolute Gasteiger partial charge is 0.290 e. The van der Waals surface area contributed by atoms with Gasteiger partial charge < -0.3 is 0 Å². The fourth-order valence-electron chi connectivity index (χ4n) is 2.20. The van der Waals surface area contributed by atoms with Gasteiger partial charge in [-0.2, -0.15) is 5.10 Å². The highest BCUT2D eigenvalue weighted by atomic mass is 17.2. The van der Waals surface area contributed by atoms with E-state index in [9.17, 15) is 4.79 Å². The van der Waals surface area contributed by atoms with Gasteiger partial charge in [-0.25, -0.2) is 10.1 Å². The number of aromatic amines is 1. The lowest BCUT2D eigenvalue weighted by Crippen LogP contribution is -2.09. The molecule has 0 radical (unpaired) electrons. The van der Waals surface area contributed by atoms with E-state index in [1.807, 2.05) is 30.3 Å². The Kier molecular flexibility index (Phi) is 3.09. The number of hydrogen-bond acceptors (Lipinski definition) is 6. The number of hydrogen-bond donors (Lipinski definition) is 1. The Morgan fingerprint density at radius 3 is 2.48 bits per heavy atom. The SMILES string of the molecule is O=c1[nH]ncc2cc(OOc3cnc4ccccc4c3)cnc12. The van der Waals surface area contributed by atoms with Crippen molar-refractivity contribution in [3.63, 3.8) is 0 Å². The van der Waals surface area contributed by atoms with E-state index in [0.29, 0.717) is 22.4 Å². The molecule has 0 aliphatic carbocycles. The van der Waals surface area contributed by atoms with Crippen LogP contribution in [-0.4, -0.2) is 20.2 Å². The van der Waals surface area contributed by atoms with Crippen molar-refractivity contribution in [2.45, 2.75) is 0 Å². The van der Waals surface area contributed by atoms with Crippen molar-refractivity contribution in [1.29, 1.82) is 0 Å². The standard InChI is InChI=1S/C16H10N4O3/c21-16-15-11(7-19-20-16)6-13(9-18-15)23-22-12-5-10-3-1-2-4-14(10)17-8-12/h1-9H,(H,20,21). The maximum atomic E-state index is 11.5. The Hall–Kier alpha value is -3.48. The van der Waals surface area contributed by atoms with Gasteiger partial charge in [-0.15, -0.1) is 0 Å². The minimum absolute atomic E-state index is 0.291. The topological polar surface area (TPSA) is 90.0 Å². The van der Waals surface area contributed by atoms with Gasteiger partial charge in [-0.05, 0) is 18.2 Å². The van der Waals surface area contributed by atoms with E-state index in [1.54, 1.807) is 12.3 Å². The van der Waals surface area contributed by atoms with E-state index in [0.717, 1.165) is 10.9 Å². The van der Waals surface area contributed by atoms with Crippen LogP contribution in [0.3, 0.4) is 0 Å². The van der Waals surface area contributed by atoms with Crippen LogP contribution in [0.1, 0.15) is 0 Å². The van der Waals surface area contributed by atoms with Crippen molar-refractivity contribution in [1.82, 2.24) is 20.2 Å². The number of pyridine rings is 2. The van der Waals surface area contributed by atoms with Crippen LogP contribution in [0.2, 0.25) is 0 Å². The molecular weight excluding hydrogens is 296 g/mol. The Morgan fingerprint density at radius 1 is 0.870 bits per heavy atom. The molecule has 0 saturated heterocycles. The Balaban J connectivity index is 1.59. The highest BCUT2D eigenvalue weighted by Crippen LogP contribution is 2.20. The second-order valence-electron chi connectivity index (χ2n) is 4.84. The van der Waals surface area contributed by atoms with Crippen LogP contribution in [0.4, 0.5) is 0 Å². The second-order valence-corrected chi connectivity index (χ2v) is 4.84. The third-order valence-electron chi connectivity index (χ3n) is 3.28. The summed E-state index contributed by atoms with van der Waals surface area (Å²) in [4.78, 5) is 30.4. The molecule has 1 N–H and O–H groups in total. The molecule has 0 saturated carbocycles. The van der Waals surface area contributed by atoms with Crippen molar-refractivity contribution in [2.24, 2.45) is 0 Å². The van der Waals surface area contributed by atoms with Crippen molar-refractivity contribution in [3.8, 4) is 11.5 Å². The summed E-state index contributed by atoms with van der Waals surface area (Å²) in [5.41, 5.74) is 0.811. The normalized spacial score (nSPS) is 10.8. The second kappa shape index (κ2) is 5.38. The van der Waals surface area contributed by atoms with Crippen molar-refractivity contribution in [2.75, 3.05) is 0 Å². The molecule has 23 heavy (non-hydrogen) atoms. The lowest BCUT2D eigenvalue weighted by atomic mass is 10.2. The summed E-state index contributed by atoms with van der Waals surface area (Å²) in [6, 6.07) is 11.1. The Morgan fingerprint density at radius 2 is 1.61 bits per heavy atom. The zero-order valence-electron chi connectivity index (χ0n) is 11.8. The summed E-state index contributed by atoms with van der Waals surface area (Å²) < 4.78 is 0. The molecule has 0 amide bonds. The smallest absolute Gasteiger partial charge is 0.288 e. The van der Waals surface area contributed by atoms with Gasteiger partial charge in [0.2, 0.25) is 0 Å². The third-order valence-corrected chi connectivity index (χ3v) is 3.28. The number of H-pyrrole nitrogens is 1. The predicted molar refractivity (Wildman–Crippen MR) is 83.2 cm³/mol. The van der Waals surface area contributed by atoms with Crippen molar-refractivity contribution in [3.05, 3.63) is 65.3 Å². The minimum Gasteiger partial charge on any atom is -0.288 e. The number of nitrogens with one attached hydrogen (secondary N) is 1. The molecule has 7 heteroatoms. The van der Waals surface area contributed by atoms with Crippen LogP contribution in [0.25, 0.3) is 21.8 Å². The molecule has 4 aromatic rings. The maximum Gasteiger partial charge on any atom is 0.290 e. The average molecular weight is 306 g/mol. The average Bonchev–Trinajstić information content (AvgIpc) is 2.60. The Bertz CT molecular complexity index is 1060. The molecule has 0 unspecified atom stereocenters. The van der Waals surface area contributed by atoms with E-state index in [-0.39, 0.29) is 5.56 Å². The van der Waals surface area contributed by atoms with Crippen LogP contribution < -0.4 is 15.3 Å². The van der Waals surface area contributed by atoms with Crippen molar-refractivity contribution >= 4 is 21.8 Å². The van der Waals surface area contributed by atoms with Gasteiger partial charge in [0, 0.05) is 10.8 Å². The summed E-state index contributed by atoms with van der Waals surface area (Å²) in [5.74, 6) is 0.825. The summed E-state index contributed by atoms with van der Waals surface area (Å²) in [6.07, 6.45) is 4.48. The maximum absolute atomic E-state index is 11.5. The zero-order chi connectivity index (χ0) is 15.6. The summed E-state index contributed by atoms with van der Waals surface area (Å²) in [6.45, 7) is 0. The molecule has 0 bridgehead atoms. The van der Waals surface area contributed by atoms with Gasteiger partial charge >= 0.3 is 0 Å². The van der Waals surface area contributed by atoms with Gasteiger partial charge in [0.1, 0.15) is 5.52 Å². The number of rotatable bonds is 3. The van der Waals surface area contributed by atoms with Gasteiger partial charge in [0.05, 0.1) is 24.1 Å². The van der Waals surface area contributed by atoms with Crippen LogP contribution in [0.15, 0.2) is 59.8 Å². The molecular formula is C16H10N4O3. The van der Waals surface area contributed by atoms with E-state index >= 15 is 0 Å². The van der Waals surface area contributed by atoms with E-state index in [2.05, 4.69) is 20.2 Å². The molecule has 112 valence electrons. The summed E-state index contributed by atoms with van der Waals surface area (Å²) in [5, 5.41) is 7.55. The van der Waals surface area contributed by atoms with Gasteiger partial charge in [0.15, 0.2) is 11.5 Å². The molecule has 7 nitrogen and oxygen atoms in total. The van der Waals surface area contributed by atoms with Gasteiger partial charge in [0.25, 0.3) is 5.56 Å². The number of benzene rings is 1. The van der Waals surface area contributed by atoms with E-state index in [4.69, 9.17) is 9.78 Å². The molecule has 3 aromatic heterocycles. The van der Waals surface area contributed by atoms with Crippen LogP contribution in [0, 0.1) is 0 Å². The first-order valence-electron chi connectivity index (χ1n) is 6.82. The molecule has 1 aromatic carbocycles. The molecule has 3 heterocycles. The third kappa shape index (κ3) is 2.55. The number of nitrogens with zero attached hydrogens (tertiary/aromatic N) is 3. The highest BCUT2D eigenvalue weighted by molar-refractivity contribution is 5.79. The van der Waals surface area contributed by atoms with Gasteiger partial charge in [-0.3, -0.25) is 19.6 Å². The highest BCUT2D eigenvalue weighted by Gasteiger charge is 2.05. The number of fused-ring (bicyclic) bond motifs is 2. The lowest BCUT2D eigenvalue weighted by molar-refractivity contribution is -0.100. The first kappa shape index (κ1) is 13.2. The molecule has 0 spiro atoms. The fraction of sp³-hybridized carbons (Fsp3) is 0. The Labute approximate surface area is 129 Å². The van der Waals surface area contributed by atoms with Crippen LogP contribution in [0.5, 0.6) is 11.5 Å². The first-order chi connectivity index (χ1) is 11.3. The first-order valence-corrected chi connectivity index (χ1v) is 6.82. The molecule has 0 aliphatic rings. The monoisotopic (exact) mass is 306 g/mol. The van der Waals surface area contributed by atoms with Crippen LogP contribution >= 0.6 is 0 Å². The lowest BCUT2D eigenvalue weighted by Gasteiger charge is -2.06. The van der Waals surface area contributed by atoms with Crippen molar-refractivity contribution < 1.29 is 9.78 Å². The summed E-state index contributed by atoms with van der Waals surface area (Å²) in [7, 11) is 0. The molecule has 0 fully saturated rings. The summed E-state index contributed by atoms with van der Waals surface area (Å²) >= 11 is 0. The van der Waals surface area contributed by atoms with Gasteiger partial charge in [-0.1, -0.05) is 18.2 Å². The minimum atomic E-state index is -0.353.